The van der Waals surface area contributed by atoms with E-state index in [1.165, 1.54) is 10.4 Å². The molecular formula is C19H19F3N2O3S. The molecule has 5 nitrogen and oxygen atoms in total. The minimum Gasteiger partial charge on any atom is -0.351 e. The lowest BCUT2D eigenvalue weighted by atomic mass is 10.0. The summed E-state index contributed by atoms with van der Waals surface area (Å²) in [6.07, 6.45) is -3.93. The molecule has 1 aliphatic rings. The number of hydrogen-bond acceptors (Lipinski definition) is 3. The predicted octanol–water partition coefficient (Wildman–Crippen LogP) is 2.82. The van der Waals surface area contributed by atoms with E-state index >= 15 is 0 Å². The molecule has 0 spiro atoms. The number of carbonyl (C=O) groups excluding carboxylic acids is 1. The molecule has 150 valence electrons. The van der Waals surface area contributed by atoms with E-state index in [-0.39, 0.29) is 24.4 Å². The van der Waals surface area contributed by atoms with Gasteiger partial charge in [0.1, 0.15) is 0 Å². The molecule has 9 heteroatoms. The fraction of sp³-hybridized carbons (Fsp3) is 0.316. The van der Waals surface area contributed by atoms with E-state index in [1.54, 1.807) is 0 Å². The van der Waals surface area contributed by atoms with Crippen LogP contribution in [0.4, 0.5) is 13.2 Å². The second kappa shape index (κ2) is 7.92. The van der Waals surface area contributed by atoms with E-state index in [1.807, 2.05) is 24.3 Å². The molecule has 28 heavy (non-hydrogen) atoms. The Hall–Kier alpha value is -2.39. The second-order valence-electron chi connectivity index (χ2n) is 6.50. The Morgan fingerprint density at radius 2 is 1.79 bits per heavy atom. The average Bonchev–Trinajstić information content (AvgIpc) is 2.67. The molecule has 2 aromatic rings. The molecule has 0 aromatic heterocycles. The Bertz CT molecular complexity index is 974. The van der Waals surface area contributed by atoms with Crippen molar-refractivity contribution >= 4 is 15.9 Å². The number of benzene rings is 2. The maximum absolute atomic E-state index is 12.7. The summed E-state index contributed by atoms with van der Waals surface area (Å²) in [4.78, 5) is 12.1. The van der Waals surface area contributed by atoms with Gasteiger partial charge in [0, 0.05) is 25.2 Å². The second-order valence-corrected chi connectivity index (χ2v) is 8.59. The van der Waals surface area contributed by atoms with Crippen LogP contribution in [0.15, 0.2) is 48.5 Å². The van der Waals surface area contributed by atoms with E-state index in [2.05, 4.69) is 5.32 Å². The van der Waals surface area contributed by atoms with Crippen LogP contribution in [-0.4, -0.2) is 37.5 Å². The summed E-state index contributed by atoms with van der Waals surface area (Å²) in [5.74, 6) is -1.06. The van der Waals surface area contributed by atoms with Crippen LogP contribution < -0.4 is 5.32 Å². The standard InChI is InChI=1S/C19H19F3N2O3S/c20-19(21,22)17-7-3-6-15(12-17)18(25)23-9-11-28(26,27)24-10-8-14-4-1-2-5-16(14)13-24/h1-7,12H,8-11,13H2,(H,23,25). The molecule has 3 rings (SSSR count). The SMILES string of the molecule is O=C(NCCS(=O)(=O)N1CCc2ccccc2C1)c1cccc(C(F)(F)F)c1. The Morgan fingerprint density at radius 3 is 2.50 bits per heavy atom. The van der Waals surface area contributed by atoms with Crippen molar-refractivity contribution in [2.45, 2.75) is 19.1 Å². The van der Waals surface area contributed by atoms with Gasteiger partial charge >= 0.3 is 6.18 Å². The first-order chi connectivity index (χ1) is 13.2. The van der Waals surface area contributed by atoms with E-state index in [4.69, 9.17) is 0 Å². The Balaban J connectivity index is 1.58. The first-order valence-electron chi connectivity index (χ1n) is 8.67. The van der Waals surface area contributed by atoms with Crippen LogP contribution in [0.1, 0.15) is 27.0 Å². The van der Waals surface area contributed by atoms with Crippen LogP contribution in [0.2, 0.25) is 0 Å². The molecule has 0 unspecified atom stereocenters. The third kappa shape index (κ3) is 4.71. The van der Waals surface area contributed by atoms with Gasteiger partial charge in [-0.1, -0.05) is 30.3 Å². The van der Waals surface area contributed by atoms with Crippen LogP contribution >= 0.6 is 0 Å². The number of carbonyl (C=O) groups is 1. The topological polar surface area (TPSA) is 66.5 Å². The summed E-state index contributed by atoms with van der Waals surface area (Å²) < 4.78 is 64.6. The van der Waals surface area contributed by atoms with Crippen molar-refractivity contribution in [3.05, 3.63) is 70.8 Å². The molecule has 0 radical (unpaired) electrons. The highest BCUT2D eigenvalue weighted by Crippen LogP contribution is 2.29. The van der Waals surface area contributed by atoms with E-state index in [0.717, 1.165) is 29.3 Å². The van der Waals surface area contributed by atoms with Gasteiger partial charge in [0.2, 0.25) is 10.0 Å². The normalized spacial score (nSPS) is 15.1. The maximum Gasteiger partial charge on any atom is 0.416 e. The van der Waals surface area contributed by atoms with Gasteiger partial charge in [-0.05, 0) is 35.7 Å². The van der Waals surface area contributed by atoms with Gasteiger partial charge in [-0.15, -0.1) is 0 Å². The molecule has 0 atom stereocenters. The number of halogens is 3. The number of alkyl halides is 3. The van der Waals surface area contributed by atoms with Crippen LogP contribution in [0.25, 0.3) is 0 Å². The summed E-state index contributed by atoms with van der Waals surface area (Å²) in [5.41, 5.74) is 0.969. The van der Waals surface area contributed by atoms with Crippen molar-refractivity contribution in [3.8, 4) is 0 Å². The van der Waals surface area contributed by atoms with Gasteiger partial charge in [-0.3, -0.25) is 4.79 Å². The molecule has 1 aliphatic heterocycles. The van der Waals surface area contributed by atoms with Crippen LogP contribution in [0, 0.1) is 0 Å². The zero-order valence-electron chi connectivity index (χ0n) is 14.9. The first kappa shape index (κ1) is 20.3. The number of nitrogens with zero attached hydrogens (tertiary/aromatic N) is 1. The zero-order valence-corrected chi connectivity index (χ0v) is 15.7. The monoisotopic (exact) mass is 412 g/mol. The molecule has 1 amide bonds. The van der Waals surface area contributed by atoms with Crippen LogP contribution in [0.5, 0.6) is 0 Å². The first-order valence-corrected chi connectivity index (χ1v) is 10.3. The van der Waals surface area contributed by atoms with Gasteiger partial charge in [-0.25, -0.2) is 8.42 Å². The summed E-state index contributed by atoms with van der Waals surface area (Å²) >= 11 is 0. The number of hydrogen-bond donors (Lipinski definition) is 1. The zero-order chi connectivity index (χ0) is 20.4. The van der Waals surface area contributed by atoms with Gasteiger partial charge in [-0.2, -0.15) is 17.5 Å². The quantitative estimate of drug-likeness (QED) is 0.821. The van der Waals surface area contributed by atoms with Gasteiger partial charge in [0.25, 0.3) is 5.91 Å². The molecule has 0 saturated heterocycles. The minimum atomic E-state index is -4.55. The van der Waals surface area contributed by atoms with Crippen molar-refractivity contribution in [1.82, 2.24) is 9.62 Å². The fourth-order valence-electron chi connectivity index (χ4n) is 3.07. The average molecular weight is 412 g/mol. The summed E-state index contributed by atoms with van der Waals surface area (Å²) in [5, 5.41) is 2.38. The molecule has 0 aliphatic carbocycles. The molecule has 2 aromatic carbocycles. The highest BCUT2D eigenvalue weighted by molar-refractivity contribution is 7.89. The van der Waals surface area contributed by atoms with E-state index in [9.17, 15) is 26.4 Å². The Kier molecular flexibility index (Phi) is 5.76. The molecule has 1 heterocycles. The van der Waals surface area contributed by atoms with E-state index < -0.39 is 27.7 Å². The highest BCUT2D eigenvalue weighted by atomic mass is 32.2. The summed E-state index contributed by atoms with van der Waals surface area (Å²) in [6, 6.07) is 11.6. The highest BCUT2D eigenvalue weighted by Gasteiger charge is 2.31. The number of nitrogens with one attached hydrogen (secondary N) is 1. The van der Waals surface area contributed by atoms with E-state index in [0.29, 0.717) is 13.0 Å². The molecule has 0 bridgehead atoms. The largest absolute Gasteiger partial charge is 0.416 e. The van der Waals surface area contributed by atoms with Gasteiger partial charge in [0.05, 0.1) is 11.3 Å². The summed E-state index contributed by atoms with van der Waals surface area (Å²) in [7, 11) is -3.60. The Morgan fingerprint density at radius 1 is 1.07 bits per heavy atom. The minimum absolute atomic E-state index is 0.167. The lowest BCUT2D eigenvalue weighted by molar-refractivity contribution is -0.137. The number of amides is 1. The summed E-state index contributed by atoms with van der Waals surface area (Å²) in [6.45, 7) is 0.455. The third-order valence-corrected chi connectivity index (χ3v) is 6.41. The fourth-order valence-corrected chi connectivity index (χ4v) is 4.39. The third-order valence-electron chi connectivity index (χ3n) is 4.59. The smallest absolute Gasteiger partial charge is 0.351 e. The maximum atomic E-state index is 12.7. The number of sulfonamides is 1. The lowest BCUT2D eigenvalue weighted by Gasteiger charge is -2.28. The molecule has 1 N–H and O–H groups in total. The molecule has 0 saturated carbocycles. The molecule has 0 fully saturated rings. The van der Waals surface area contributed by atoms with Crippen molar-refractivity contribution in [3.63, 3.8) is 0 Å². The van der Waals surface area contributed by atoms with Gasteiger partial charge < -0.3 is 5.32 Å². The Labute approximate surface area is 161 Å². The van der Waals surface area contributed by atoms with Crippen LogP contribution in [-0.2, 0) is 29.2 Å². The number of fused-ring (bicyclic) bond motifs is 1. The van der Waals surface area contributed by atoms with Crippen molar-refractivity contribution < 1.29 is 26.4 Å². The van der Waals surface area contributed by atoms with Crippen molar-refractivity contribution in [1.29, 1.82) is 0 Å². The lowest BCUT2D eigenvalue weighted by Crippen LogP contribution is -2.40. The molecular weight excluding hydrogens is 393 g/mol. The number of rotatable bonds is 5. The van der Waals surface area contributed by atoms with Gasteiger partial charge in [0.15, 0.2) is 0 Å². The van der Waals surface area contributed by atoms with Crippen LogP contribution in [0.3, 0.4) is 0 Å². The van der Waals surface area contributed by atoms with Crippen molar-refractivity contribution in [2.75, 3.05) is 18.8 Å². The predicted molar refractivity (Wildman–Crippen MR) is 98.1 cm³/mol. The van der Waals surface area contributed by atoms with Crippen molar-refractivity contribution in [2.24, 2.45) is 0 Å².